The summed E-state index contributed by atoms with van der Waals surface area (Å²) in [6.07, 6.45) is 5.14. The molecule has 0 bridgehead atoms. The molecule has 0 saturated carbocycles. The summed E-state index contributed by atoms with van der Waals surface area (Å²) >= 11 is 0. The van der Waals surface area contributed by atoms with Crippen LogP contribution in [0.1, 0.15) is 39.9 Å². The normalized spacial score (nSPS) is 23.4. The van der Waals surface area contributed by atoms with Gasteiger partial charge in [0.25, 0.3) is 5.69 Å². The molecule has 1 aliphatic carbocycles. The highest BCUT2D eigenvalue weighted by Gasteiger charge is 2.39. The Bertz CT molecular complexity index is 889. The van der Waals surface area contributed by atoms with Crippen molar-refractivity contribution in [1.29, 1.82) is 0 Å². The van der Waals surface area contributed by atoms with Crippen LogP contribution < -0.4 is 5.32 Å². The zero-order valence-electron chi connectivity index (χ0n) is 13.3. The van der Waals surface area contributed by atoms with E-state index in [1.54, 1.807) is 24.3 Å². The summed E-state index contributed by atoms with van der Waals surface area (Å²) in [5, 5.41) is 23.8. The number of nitrogens with zero attached hydrogens (tertiary/aromatic N) is 1. The number of carbonyl (C=O) groups is 1. The minimum Gasteiger partial charge on any atom is -0.478 e. The number of non-ortho nitro benzene ring substituents is 1. The molecule has 6 nitrogen and oxygen atoms in total. The molecule has 2 N–H and O–H groups in total. The first kappa shape index (κ1) is 15.4. The van der Waals surface area contributed by atoms with Gasteiger partial charge in [0, 0.05) is 18.1 Å². The van der Waals surface area contributed by atoms with Gasteiger partial charge in [0.15, 0.2) is 0 Å². The first-order chi connectivity index (χ1) is 12.1. The molecule has 1 heterocycles. The van der Waals surface area contributed by atoms with Crippen LogP contribution in [0.4, 0.5) is 11.4 Å². The standard InChI is InChI=1S/C19H16N2O4/c22-19(23)16-6-2-5-15-13-3-1-4-14(13)17(20-18(15)16)11-7-9-12(10-8-11)21(24)25/h1-3,5-10,13-14,17,20H,4H2,(H,22,23)/t13-,14+,17+/m0/s1. The average molecular weight is 336 g/mol. The van der Waals surface area contributed by atoms with Gasteiger partial charge in [-0.05, 0) is 29.5 Å². The highest BCUT2D eigenvalue weighted by molar-refractivity contribution is 5.95. The molecule has 0 radical (unpaired) electrons. The second-order valence-electron chi connectivity index (χ2n) is 6.40. The molecule has 3 atom stereocenters. The molecular formula is C19H16N2O4. The number of rotatable bonds is 3. The number of carboxylic acids is 1. The molecule has 25 heavy (non-hydrogen) atoms. The Hall–Kier alpha value is -3.15. The van der Waals surface area contributed by atoms with Crippen LogP contribution >= 0.6 is 0 Å². The SMILES string of the molecule is O=C(O)c1cccc2c1N[C@H](c1ccc([N+](=O)[O-])cc1)[C@@H]1CC=C[C@H]21. The Morgan fingerprint density at radius 2 is 1.96 bits per heavy atom. The van der Waals surface area contributed by atoms with Gasteiger partial charge in [-0.15, -0.1) is 0 Å². The topological polar surface area (TPSA) is 92.5 Å². The highest BCUT2D eigenvalue weighted by Crippen LogP contribution is 2.50. The highest BCUT2D eigenvalue weighted by atomic mass is 16.6. The average Bonchev–Trinajstić information content (AvgIpc) is 3.10. The fourth-order valence-electron chi connectivity index (χ4n) is 3.93. The first-order valence-electron chi connectivity index (χ1n) is 8.10. The first-order valence-corrected chi connectivity index (χ1v) is 8.10. The lowest BCUT2D eigenvalue weighted by atomic mass is 9.76. The largest absolute Gasteiger partial charge is 0.478 e. The summed E-state index contributed by atoms with van der Waals surface area (Å²) in [6, 6.07) is 11.7. The van der Waals surface area contributed by atoms with Gasteiger partial charge in [0.2, 0.25) is 0 Å². The summed E-state index contributed by atoms with van der Waals surface area (Å²) in [7, 11) is 0. The molecule has 6 heteroatoms. The summed E-state index contributed by atoms with van der Waals surface area (Å²) in [6.45, 7) is 0. The Labute approximate surface area is 144 Å². The molecule has 4 rings (SSSR count). The van der Waals surface area contributed by atoms with E-state index in [-0.39, 0.29) is 29.1 Å². The number of nitrogens with one attached hydrogen (secondary N) is 1. The van der Waals surface area contributed by atoms with Crippen molar-refractivity contribution < 1.29 is 14.8 Å². The number of anilines is 1. The predicted octanol–water partition coefficient (Wildman–Crippen LogP) is 4.12. The van der Waals surface area contributed by atoms with Crippen LogP contribution in [-0.4, -0.2) is 16.0 Å². The van der Waals surface area contributed by atoms with E-state index in [2.05, 4.69) is 17.5 Å². The number of hydrogen-bond donors (Lipinski definition) is 2. The van der Waals surface area contributed by atoms with Crippen molar-refractivity contribution >= 4 is 17.3 Å². The maximum absolute atomic E-state index is 11.6. The maximum Gasteiger partial charge on any atom is 0.337 e. The van der Waals surface area contributed by atoms with Crippen LogP contribution in [0.15, 0.2) is 54.6 Å². The van der Waals surface area contributed by atoms with E-state index >= 15 is 0 Å². The number of carboxylic acid groups (broad SMARTS) is 1. The maximum atomic E-state index is 11.6. The van der Waals surface area contributed by atoms with Crippen molar-refractivity contribution in [2.75, 3.05) is 5.32 Å². The monoisotopic (exact) mass is 336 g/mol. The third-order valence-corrected chi connectivity index (χ3v) is 5.09. The van der Waals surface area contributed by atoms with Crippen LogP contribution in [-0.2, 0) is 0 Å². The van der Waals surface area contributed by atoms with Crippen molar-refractivity contribution in [2.45, 2.75) is 18.4 Å². The third-order valence-electron chi connectivity index (χ3n) is 5.09. The number of allylic oxidation sites excluding steroid dienone is 2. The summed E-state index contributed by atoms with van der Waals surface area (Å²) in [4.78, 5) is 22.0. The van der Waals surface area contributed by atoms with E-state index < -0.39 is 10.9 Å². The zero-order valence-corrected chi connectivity index (χ0v) is 13.3. The van der Waals surface area contributed by atoms with Crippen LogP contribution in [0.2, 0.25) is 0 Å². The van der Waals surface area contributed by atoms with E-state index in [9.17, 15) is 20.0 Å². The van der Waals surface area contributed by atoms with E-state index in [1.165, 1.54) is 12.1 Å². The van der Waals surface area contributed by atoms with Crippen LogP contribution in [0.25, 0.3) is 0 Å². The quantitative estimate of drug-likeness (QED) is 0.500. The van der Waals surface area contributed by atoms with Crippen molar-refractivity contribution in [2.24, 2.45) is 5.92 Å². The molecular weight excluding hydrogens is 320 g/mol. The molecule has 0 aromatic heterocycles. The van der Waals surface area contributed by atoms with E-state index in [1.807, 2.05) is 6.07 Å². The van der Waals surface area contributed by atoms with Crippen LogP contribution in [0.3, 0.4) is 0 Å². The second-order valence-corrected chi connectivity index (χ2v) is 6.40. The summed E-state index contributed by atoms with van der Waals surface area (Å²) in [5.41, 5.74) is 2.87. The molecule has 2 aromatic carbocycles. The van der Waals surface area contributed by atoms with Crippen molar-refractivity contribution in [3.8, 4) is 0 Å². The van der Waals surface area contributed by atoms with E-state index in [0.717, 1.165) is 17.5 Å². The fourth-order valence-corrected chi connectivity index (χ4v) is 3.93. The minimum atomic E-state index is -0.966. The number of benzene rings is 2. The summed E-state index contributed by atoms with van der Waals surface area (Å²) < 4.78 is 0. The van der Waals surface area contributed by atoms with Crippen LogP contribution in [0, 0.1) is 16.0 Å². The third kappa shape index (κ3) is 2.46. The number of aromatic carboxylic acids is 1. The molecule has 1 aliphatic heterocycles. The van der Waals surface area contributed by atoms with Gasteiger partial charge in [-0.1, -0.05) is 36.4 Å². The lowest BCUT2D eigenvalue weighted by molar-refractivity contribution is -0.384. The number of hydrogen-bond acceptors (Lipinski definition) is 4. The van der Waals surface area contributed by atoms with Gasteiger partial charge in [-0.3, -0.25) is 10.1 Å². The second kappa shape index (κ2) is 5.73. The molecule has 2 aromatic rings. The van der Waals surface area contributed by atoms with Gasteiger partial charge >= 0.3 is 5.97 Å². The Kier molecular flexibility index (Phi) is 3.53. The summed E-state index contributed by atoms with van der Waals surface area (Å²) in [5.74, 6) is -0.555. The molecule has 0 amide bonds. The van der Waals surface area contributed by atoms with E-state index in [0.29, 0.717) is 5.69 Å². The van der Waals surface area contributed by atoms with Crippen LogP contribution in [0.5, 0.6) is 0 Å². The lowest BCUT2D eigenvalue weighted by Gasteiger charge is -2.38. The van der Waals surface area contributed by atoms with Gasteiger partial charge in [-0.25, -0.2) is 4.79 Å². The molecule has 0 saturated heterocycles. The number of fused-ring (bicyclic) bond motifs is 3. The number of nitro benzene ring substituents is 1. The van der Waals surface area contributed by atoms with Crippen molar-refractivity contribution in [3.63, 3.8) is 0 Å². The predicted molar refractivity (Wildman–Crippen MR) is 92.8 cm³/mol. The Morgan fingerprint density at radius 3 is 2.64 bits per heavy atom. The van der Waals surface area contributed by atoms with Gasteiger partial charge in [0.1, 0.15) is 0 Å². The molecule has 0 spiro atoms. The Morgan fingerprint density at radius 1 is 1.20 bits per heavy atom. The molecule has 0 fully saturated rings. The molecule has 126 valence electrons. The smallest absolute Gasteiger partial charge is 0.337 e. The Balaban J connectivity index is 1.78. The van der Waals surface area contributed by atoms with Gasteiger partial charge in [-0.2, -0.15) is 0 Å². The van der Waals surface area contributed by atoms with E-state index in [4.69, 9.17) is 0 Å². The number of nitro groups is 1. The lowest BCUT2D eigenvalue weighted by Crippen LogP contribution is -2.30. The van der Waals surface area contributed by atoms with Crippen molar-refractivity contribution in [3.05, 3.63) is 81.4 Å². The zero-order chi connectivity index (χ0) is 17.6. The van der Waals surface area contributed by atoms with Gasteiger partial charge in [0.05, 0.1) is 22.2 Å². The number of para-hydroxylation sites is 1. The van der Waals surface area contributed by atoms with Gasteiger partial charge < -0.3 is 10.4 Å². The molecule has 0 unspecified atom stereocenters. The molecule has 2 aliphatic rings. The minimum absolute atomic E-state index is 0.0484. The fraction of sp³-hybridized carbons (Fsp3) is 0.211. The van der Waals surface area contributed by atoms with Crippen molar-refractivity contribution in [1.82, 2.24) is 0 Å².